The topological polar surface area (TPSA) is 84.2 Å². The summed E-state index contributed by atoms with van der Waals surface area (Å²) in [7, 11) is 4.75. The molecule has 0 spiro atoms. The molecule has 0 aliphatic heterocycles. The maximum atomic E-state index is 13.0. The van der Waals surface area contributed by atoms with Gasteiger partial charge in [0.2, 0.25) is 4.96 Å². The minimum absolute atomic E-state index is 0.226. The van der Waals surface area contributed by atoms with Gasteiger partial charge < -0.3 is 18.9 Å². The van der Waals surface area contributed by atoms with Crippen LogP contribution in [0.15, 0.2) is 41.2 Å². The van der Waals surface area contributed by atoms with E-state index in [0.29, 0.717) is 50.8 Å². The van der Waals surface area contributed by atoms with E-state index in [-0.39, 0.29) is 5.56 Å². The van der Waals surface area contributed by atoms with Gasteiger partial charge in [-0.1, -0.05) is 31.3 Å². The third kappa shape index (κ3) is 4.84. The predicted molar refractivity (Wildman–Crippen MR) is 132 cm³/mol. The molecule has 0 aliphatic carbocycles. The number of hydrogen-bond donors (Lipinski definition) is 0. The molecule has 0 amide bonds. The molecule has 34 heavy (non-hydrogen) atoms. The van der Waals surface area contributed by atoms with Crippen molar-refractivity contribution in [3.8, 4) is 34.4 Å². The largest absolute Gasteiger partial charge is 0.493 e. The highest BCUT2D eigenvalue weighted by atomic mass is 32.1. The Morgan fingerprint density at radius 3 is 2.35 bits per heavy atom. The first-order valence-corrected chi connectivity index (χ1v) is 11.7. The van der Waals surface area contributed by atoms with Gasteiger partial charge in [0.15, 0.2) is 28.8 Å². The molecule has 9 heteroatoms. The monoisotopic (exact) mass is 481 g/mol. The summed E-state index contributed by atoms with van der Waals surface area (Å²) in [6.45, 7) is 4.93. The Kier molecular flexibility index (Phi) is 7.02. The van der Waals surface area contributed by atoms with Crippen LogP contribution in [0, 0.1) is 5.92 Å². The average Bonchev–Trinajstić information content (AvgIpc) is 3.38. The van der Waals surface area contributed by atoms with Crippen LogP contribution < -0.4 is 29.0 Å². The minimum atomic E-state index is -0.226. The zero-order valence-corrected chi connectivity index (χ0v) is 20.6. The van der Waals surface area contributed by atoms with Crippen molar-refractivity contribution < 1.29 is 18.9 Å². The van der Waals surface area contributed by atoms with Crippen LogP contribution in [-0.4, -0.2) is 42.5 Å². The van der Waals surface area contributed by atoms with Gasteiger partial charge in [-0.15, -0.1) is 5.10 Å². The fourth-order valence-electron chi connectivity index (χ4n) is 3.38. The van der Waals surface area contributed by atoms with E-state index in [0.717, 1.165) is 17.5 Å². The highest BCUT2D eigenvalue weighted by molar-refractivity contribution is 7.15. The number of fused-ring (bicyclic) bond motifs is 1. The summed E-state index contributed by atoms with van der Waals surface area (Å²) in [6.07, 6.45) is 2.77. The van der Waals surface area contributed by atoms with E-state index in [2.05, 4.69) is 23.9 Å². The quantitative estimate of drug-likeness (QED) is 0.359. The molecule has 0 fully saturated rings. The van der Waals surface area contributed by atoms with Crippen molar-refractivity contribution in [2.75, 3.05) is 27.9 Å². The molecule has 0 aliphatic rings. The van der Waals surface area contributed by atoms with E-state index in [1.165, 1.54) is 15.9 Å². The van der Waals surface area contributed by atoms with Crippen molar-refractivity contribution in [1.29, 1.82) is 0 Å². The Morgan fingerprint density at radius 2 is 1.68 bits per heavy atom. The Bertz CT molecular complexity index is 1410. The van der Waals surface area contributed by atoms with Crippen molar-refractivity contribution in [2.24, 2.45) is 5.92 Å². The van der Waals surface area contributed by atoms with Crippen LogP contribution in [0.1, 0.15) is 25.8 Å². The Hall–Kier alpha value is -3.59. The number of rotatable bonds is 9. The maximum Gasteiger partial charge on any atom is 0.291 e. The van der Waals surface area contributed by atoms with Crippen molar-refractivity contribution in [2.45, 2.75) is 20.3 Å². The molecule has 4 aromatic rings. The van der Waals surface area contributed by atoms with Crippen LogP contribution in [0.5, 0.6) is 23.0 Å². The predicted octanol–water partition coefficient (Wildman–Crippen LogP) is 3.82. The summed E-state index contributed by atoms with van der Waals surface area (Å²) >= 11 is 1.28. The van der Waals surface area contributed by atoms with Crippen molar-refractivity contribution in [3.05, 3.63) is 56.8 Å². The van der Waals surface area contributed by atoms with Crippen LogP contribution in [0.4, 0.5) is 0 Å². The van der Waals surface area contributed by atoms with E-state index in [4.69, 9.17) is 18.9 Å². The maximum absolute atomic E-state index is 13.0. The van der Waals surface area contributed by atoms with Crippen molar-refractivity contribution in [1.82, 2.24) is 14.6 Å². The number of thiazole rings is 1. The molecule has 178 valence electrons. The highest BCUT2D eigenvalue weighted by Crippen LogP contribution is 2.31. The second kappa shape index (κ2) is 10.1. The van der Waals surface area contributed by atoms with E-state index in [1.54, 1.807) is 39.5 Å². The van der Waals surface area contributed by atoms with E-state index >= 15 is 0 Å². The average molecular weight is 482 g/mol. The standard InChI is InChI=1S/C25H27N3O5S/c1-15(2)10-11-33-19-8-6-16(12-20(19)31-4)13-22-24(29)28-25(34-22)26-23(27-28)17-7-9-18(30-3)21(14-17)32-5/h6-9,12-15H,10-11H2,1-5H3. The molecule has 0 atom stereocenters. The number of benzene rings is 2. The summed E-state index contributed by atoms with van der Waals surface area (Å²) in [5.41, 5.74) is 1.33. The lowest BCUT2D eigenvalue weighted by Gasteiger charge is -2.12. The van der Waals surface area contributed by atoms with Gasteiger partial charge in [0, 0.05) is 5.56 Å². The van der Waals surface area contributed by atoms with Crippen LogP contribution in [0.3, 0.4) is 0 Å². The molecule has 0 unspecified atom stereocenters. The second-order valence-electron chi connectivity index (χ2n) is 8.06. The normalized spacial score (nSPS) is 11.9. The Balaban J connectivity index is 1.63. The Morgan fingerprint density at radius 1 is 0.971 bits per heavy atom. The lowest BCUT2D eigenvalue weighted by molar-refractivity contribution is 0.273. The third-order valence-electron chi connectivity index (χ3n) is 5.26. The number of ether oxygens (including phenoxy) is 4. The molecule has 0 bridgehead atoms. The van der Waals surface area contributed by atoms with Gasteiger partial charge in [0.05, 0.1) is 32.5 Å². The number of nitrogens with zero attached hydrogens (tertiary/aromatic N) is 3. The van der Waals surface area contributed by atoms with E-state index < -0.39 is 0 Å². The molecule has 0 saturated heterocycles. The lowest BCUT2D eigenvalue weighted by Crippen LogP contribution is -2.23. The molecule has 0 saturated carbocycles. The molecular formula is C25H27N3O5S. The first-order valence-electron chi connectivity index (χ1n) is 10.9. The molecule has 2 aromatic carbocycles. The van der Waals surface area contributed by atoms with Gasteiger partial charge in [0.1, 0.15) is 0 Å². The van der Waals surface area contributed by atoms with Gasteiger partial charge >= 0.3 is 0 Å². The van der Waals surface area contributed by atoms with Gasteiger partial charge in [-0.05, 0) is 54.3 Å². The smallest absolute Gasteiger partial charge is 0.291 e. The van der Waals surface area contributed by atoms with Gasteiger partial charge in [-0.3, -0.25) is 4.79 Å². The molecular weight excluding hydrogens is 454 g/mol. The van der Waals surface area contributed by atoms with Crippen LogP contribution in [0.2, 0.25) is 0 Å². The van der Waals surface area contributed by atoms with Gasteiger partial charge in [-0.25, -0.2) is 0 Å². The van der Waals surface area contributed by atoms with Gasteiger partial charge in [-0.2, -0.15) is 9.50 Å². The molecule has 4 rings (SSSR count). The first kappa shape index (κ1) is 23.6. The molecule has 8 nitrogen and oxygen atoms in total. The number of aromatic nitrogens is 3. The van der Waals surface area contributed by atoms with Gasteiger partial charge in [0.25, 0.3) is 5.56 Å². The van der Waals surface area contributed by atoms with Crippen molar-refractivity contribution >= 4 is 22.4 Å². The van der Waals surface area contributed by atoms with E-state index in [1.807, 2.05) is 24.3 Å². The van der Waals surface area contributed by atoms with Crippen molar-refractivity contribution in [3.63, 3.8) is 0 Å². The molecule has 2 heterocycles. The zero-order chi connectivity index (χ0) is 24.2. The summed E-state index contributed by atoms with van der Waals surface area (Å²) < 4.78 is 23.8. The third-order valence-corrected chi connectivity index (χ3v) is 6.22. The molecule has 0 N–H and O–H groups in total. The SMILES string of the molecule is COc1ccc(-c2nc3sc(=Cc4ccc(OCCC(C)C)c(OC)c4)c(=O)n3n2)cc1OC. The molecule has 0 radical (unpaired) electrons. The summed E-state index contributed by atoms with van der Waals surface area (Å²) in [4.78, 5) is 18.0. The summed E-state index contributed by atoms with van der Waals surface area (Å²) in [6, 6.07) is 11.0. The van der Waals surface area contributed by atoms with E-state index in [9.17, 15) is 4.79 Å². The second-order valence-corrected chi connectivity index (χ2v) is 9.07. The highest BCUT2D eigenvalue weighted by Gasteiger charge is 2.14. The van der Waals surface area contributed by atoms with Crippen LogP contribution >= 0.6 is 11.3 Å². The van der Waals surface area contributed by atoms with Crippen LogP contribution in [0.25, 0.3) is 22.4 Å². The fourth-order valence-corrected chi connectivity index (χ4v) is 4.29. The zero-order valence-electron chi connectivity index (χ0n) is 19.8. The number of methoxy groups -OCH3 is 3. The van der Waals surface area contributed by atoms with Crippen LogP contribution in [-0.2, 0) is 0 Å². The summed E-state index contributed by atoms with van der Waals surface area (Å²) in [5.74, 6) is 3.50. The summed E-state index contributed by atoms with van der Waals surface area (Å²) in [5, 5.41) is 4.41. The lowest BCUT2D eigenvalue weighted by atomic mass is 10.1. The fraction of sp³-hybridized carbons (Fsp3) is 0.320. The molecule has 2 aromatic heterocycles. The Labute approximate surface area is 201 Å². The first-order chi connectivity index (χ1) is 16.4. The minimum Gasteiger partial charge on any atom is -0.493 e. The number of hydrogen-bond acceptors (Lipinski definition) is 8.